The van der Waals surface area contributed by atoms with Crippen molar-refractivity contribution in [2.24, 2.45) is 0 Å². The van der Waals surface area contributed by atoms with E-state index >= 15 is 0 Å². The van der Waals surface area contributed by atoms with E-state index < -0.39 is 0 Å². The molecule has 0 aromatic rings. The van der Waals surface area contributed by atoms with Gasteiger partial charge in [0.05, 0.1) is 0 Å². The molecule has 0 aromatic heterocycles. The molecule has 2 heteroatoms. The summed E-state index contributed by atoms with van der Waals surface area (Å²) in [4.78, 5) is 2.62. The third-order valence-corrected chi connectivity index (χ3v) is 4.51. The second kappa shape index (κ2) is 11.1. The van der Waals surface area contributed by atoms with Crippen LogP contribution in [-0.2, 0) is 0 Å². The van der Waals surface area contributed by atoms with E-state index in [1.807, 2.05) is 0 Å². The molecule has 1 unspecified atom stereocenters. The van der Waals surface area contributed by atoms with E-state index in [9.17, 15) is 0 Å². The Balaban J connectivity index is 1.96. The Morgan fingerprint density at radius 2 is 1.56 bits per heavy atom. The molecule has 1 heterocycles. The van der Waals surface area contributed by atoms with Crippen molar-refractivity contribution in [2.45, 2.75) is 82.9 Å². The minimum absolute atomic E-state index is 0.412. The third kappa shape index (κ3) is 8.37. The summed E-state index contributed by atoms with van der Waals surface area (Å²) in [6, 6.07) is 0. The lowest BCUT2D eigenvalue weighted by molar-refractivity contribution is 0.278. The van der Waals surface area contributed by atoms with E-state index in [2.05, 4.69) is 11.8 Å². The molecular weight excluding hydrogens is 242 g/mol. The van der Waals surface area contributed by atoms with Gasteiger partial charge in [-0.3, -0.25) is 0 Å². The van der Waals surface area contributed by atoms with Gasteiger partial charge in [-0.15, -0.1) is 11.6 Å². The number of halogens is 1. The SMILES string of the molecule is CCCCCCCC(Cl)CCN1CCCCCC1. The van der Waals surface area contributed by atoms with Crippen LogP contribution in [0.5, 0.6) is 0 Å². The van der Waals surface area contributed by atoms with Crippen molar-refractivity contribution in [2.75, 3.05) is 19.6 Å². The molecule has 0 N–H and O–H groups in total. The van der Waals surface area contributed by atoms with E-state index in [0.717, 1.165) is 0 Å². The van der Waals surface area contributed by atoms with Crippen molar-refractivity contribution in [1.29, 1.82) is 0 Å². The van der Waals surface area contributed by atoms with Crippen LogP contribution >= 0.6 is 11.6 Å². The highest BCUT2D eigenvalue weighted by molar-refractivity contribution is 6.20. The highest BCUT2D eigenvalue weighted by Gasteiger charge is 2.11. The zero-order chi connectivity index (χ0) is 13.1. The second-order valence-electron chi connectivity index (χ2n) is 5.84. The van der Waals surface area contributed by atoms with Crippen molar-refractivity contribution in [1.82, 2.24) is 4.90 Å². The summed E-state index contributed by atoms with van der Waals surface area (Å²) < 4.78 is 0. The van der Waals surface area contributed by atoms with Gasteiger partial charge in [-0.25, -0.2) is 0 Å². The molecule has 0 aromatic carbocycles. The minimum Gasteiger partial charge on any atom is -0.303 e. The maximum absolute atomic E-state index is 6.43. The Hall–Kier alpha value is 0.250. The van der Waals surface area contributed by atoms with Crippen LogP contribution in [0.3, 0.4) is 0 Å². The fourth-order valence-electron chi connectivity index (χ4n) is 2.80. The minimum atomic E-state index is 0.412. The fourth-order valence-corrected chi connectivity index (χ4v) is 3.05. The molecule has 18 heavy (non-hydrogen) atoms. The molecule has 1 fully saturated rings. The van der Waals surface area contributed by atoms with Crippen molar-refractivity contribution in [3.8, 4) is 0 Å². The number of nitrogens with zero attached hydrogens (tertiary/aromatic N) is 1. The molecule has 0 radical (unpaired) electrons. The summed E-state index contributed by atoms with van der Waals surface area (Å²) in [5.41, 5.74) is 0. The van der Waals surface area contributed by atoms with Crippen molar-refractivity contribution in [3.63, 3.8) is 0 Å². The first-order chi connectivity index (χ1) is 8.83. The fraction of sp³-hybridized carbons (Fsp3) is 1.00. The summed E-state index contributed by atoms with van der Waals surface area (Å²) in [5, 5.41) is 0.412. The lowest BCUT2D eigenvalue weighted by atomic mass is 10.1. The molecule has 1 rings (SSSR count). The van der Waals surface area contributed by atoms with Gasteiger partial charge >= 0.3 is 0 Å². The van der Waals surface area contributed by atoms with Crippen LogP contribution in [0.25, 0.3) is 0 Å². The number of rotatable bonds is 9. The Kier molecular flexibility index (Phi) is 10.1. The van der Waals surface area contributed by atoms with Gasteiger partial charge in [0.15, 0.2) is 0 Å². The Bertz CT molecular complexity index is 176. The monoisotopic (exact) mass is 273 g/mol. The van der Waals surface area contributed by atoms with E-state index in [0.29, 0.717) is 5.38 Å². The summed E-state index contributed by atoms with van der Waals surface area (Å²) in [6.07, 6.45) is 14.9. The summed E-state index contributed by atoms with van der Waals surface area (Å²) >= 11 is 6.43. The summed E-state index contributed by atoms with van der Waals surface area (Å²) in [6.45, 7) is 6.11. The molecule has 0 bridgehead atoms. The van der Waals surface area contributed by atoms with Crippen LogP contribution in [0, 0.1) is 0 Å². The van der Waals surface area contributed by atoms with E-state index in [1.165, 1.54) is 90.3 Å². The van der Waals surface area contributed by atoms with Crippen molar-refractivity contribution < 1.29 is 0 Å². The van der Waals surface area contributed by atoms with Gasteiger partial charge in [0.25, 0.3) is 0 Å². The molecule has 0 amide bonds. The lowest BCUT2D eigenvalue weighted by Crippen LogP contribution is -2.27. The molecule has 1 atom stereocenters. The topological polar surface area (TPSA) is 3.24 Å². The van der Waals surface area contributed by atoms with Gasteiger partial charge in [0.2, 0.25) is 0 Å². The molecule has 1 aliphatic rings. The number of likely N-dealkylation sites (tertiary alicyclic amines) is 1. The van der Waals surface area contributed by atoms with Gasteiger partial charge < -0.3 is 4.90 Å². The Morgan fingerprint density at radius 1 is 0.889 bits per heavy atom. The van der Waals surface area contributed by atoms with Crippen LogP contribution in [0.15, 0.2) is 0 Å². The first-order valence-corrected chi connectivity index (χ1v) is 8.63. The number of hydrogen-bond donors (Lipinski definition) is 0. The quantitative estimate of drug-likeness (QED) is 0.411. The van der Waals surface area contributed by atoms with Crippen molar-refractivity contribution >= 4 is 11.6 Å². The molecule has 0 saturated carbocycles. The number of alkyl halides is 1. The largest absolute Gasteiger partial charge is 0.303 e. The molecule has 1 nitrogen and oxygen atoms in total. The molecule has 1 saturated heterocycles. The third-order valence-electron chi connectivity index (χ3n) is 4.08. The Labute approximate surface area is 119 Å². The number of hydrogen-bond acceptors (Lipinski definition) is 1. The average Bonchev–Trinajstić information content (AvgIpc) is 2.64. The van der Waals surface area contributed by atoms with Gasteiger partial charge in [0, 0.05) is 5.38 Å². The van der Waals surface area contributed by atoms with Gasteiger partial charge in [-0.05, 0) is 45.3 Å². The highest BCUT2D eigenvalue weighted by atomic mass is 35.5. The molecule has 0 aliphatic carbocycles. The molecule has 1 aliphatic heterocycles. The summed E-state index contributed by atoms with van der Waals surface area (Å²) in [5.74, 6) is 0. The van der Waals surface area contributed by atoms with Crippen molar-refractivity contribution in [3.05, 3.63) is 0 Å². The maximum atomic E-state index is 6.43. The van der Waals surface area contributed by atoms with Crippen LogP contribution in [0.1, 0.15) is 77.6 Å². The van der Waals surface area contributed by atoms with Crippen LogP contribution in [0.4, 0.5) is 0 Å². The maximum Gasteiger partial charge on any atom is 0.0348 e. The smallest absolute Gasteiger partial charge is 0.0348 e. The zero-order valence-corrected chi connectivity index (χ0v) is 13.1. The van der Waals surface area contributed by atoms with E-state index in [1.54, 1.807) is 0 Å². The van der Waals surface area contributed by atoms with Gasteiger partial charge in [0.1, 0.15) is 0 Å². The van der Waals surface area contributed by atoms with Gasteiger partial charge in [-0.1, -0.05) is 51.9 Å². The number of unbranched alkanes of at least 4 members (excludes halogenated alkanes) is 4. The second-order valence-corrected chi connectivity index (χ2v) is 6.46. The normalized spacial score (nSPS) is 19.7. The van der Waals surface area contributed by atoms with Crippen LogP contribution in [-0.4, -0.2) is 29.9 Å². The Morgan fingerprint density at radius 3 is 2.22 bits per heavy atom. The average molecular weight is 274 g/mol. The van der Waals surface area contributed by atoms with Crippen LogP contribution < -0.4 is 0 Å². The highest BCUT2D eigenvalue weighted by Crippen LogP contribution is 2.16. The van der Waals surface area contributed by atoms with E-state index in [4.69, 9.17) is 11.6 Å². The van der Waals surface area contributed by atoms with Crippen LogP contribution in [0.2, 0.25) is 0 Å². The first-order valence-electron chi connectivity index (χ1n) is 8.19. The predicted molar refractivity (Wildman–Crippen MR) is 82.5 cm³/mol. The molecular formula is C16H32ClN. The lowest BCUT2D eigenvalue weighted by Gasteiger charge is -2.21. The summed E-state index contributed by atoms with van der Waals surface area (Å²) in [7, 11) is 0. The molecule has 108 valence electrons. The predicted octanol–water partition coefficient (Wildman–Crippen LogP) is 5.22. The standard InChI is InChI=1S/C16H32ClN/c1-2-3-4-5-8-11-16(17)12-15-18-13-9-6-7-10-14-18/h16H,2-15H2,1H3. The zero-order valence-electron chi connectivity index (χ0n) is 12.3. The van der Waals surface area contributed by atoms with Gasteiger partial charge in [-0.2, -0.15) is 0 Å². The first kappa shape index (κ1) is 16.3. The van der Waals surface area contributed by atoms with E-state index in [-0.39, 0.29) is 0 Å². The molecule has 0 spiro atoms.